The fraction of sp³-hybridized carbons (Fsp3) is 0.172. The van der Waals surface area contributed by atoms with Gasteiger partial charge in [-0.2, -0.15) is 10.5 Å². The van der Waals surface area contributed by atoms with Crippen LogP contribution in [-0.4, -0.2) is 34.9 Å². The molecule has 0 atom stereocenters. The predicted molar refractivity (Wildman–Crippen MR) is 141 cm³/mol. The maximum Gasteiger partial charge on any atom is 0.256 e. The third-order valence-corrected chi connectivity index (χ3v) is 6.31. The van der Waals surface area contributed by atoms with Crippen molar-refractivity contribution >= 4 is 23.9 Å². The molecule has 0 spiro atoms. The Labute approximate surface area is 210 Å². The number of carbonyl (C=O) groups excluding carboxylic acids is 1. The molecule has 0 radical (unpaired) electrons. The Bertz CT molecular complexity index is 1500. The molecule has 0 unspecified atom stereocenters. The second-order valence-corrected chi connectivity index (χ2v) is 8.53. The number of nitrogens with two attached hydrogens (primary N) is 1. The number of carbonyl (C=O) groups is 1. The SMILES string of the molecule is C=C/C=c1/cc(-c2cccc(C#N)c2)cc(NC2CCN(C(=O)c3cnccc3C#N)CC2)/c1=C/N. The number of nitriles is 2. The van der Waals surface area contributed by atoms with Gasteiger partial charge in [-0.1, -0.05) is 30.9 Å². The van der Waals surface area contributed by atoms with E-state index in [2.05, 4.69) is 29.0 Å². The van der Waals surface area contributed by atoms with Gasteiger partial charge >= 0.3 is 0 Å². The van der Waals surface area contributed by atoms with Gasteiger partial charge in [0.25, 0.3) is 5.91 Å². The molecule has 178 valence electrons. The van der Waals surface area contributed by atoms with E-state index < -0.39 is 0 Å². The van der Waals surface area contributed by atoms with Gasteiger partial charge in [0.05, 0.1) is 22.8 Å². The number of amides is 1. The van der Waals surface area contributed by atoms with E-state index in [1.165, 1.54) is 12.4 Å². The van der Waals surface area contributed by atoms with Crippen molar-refractivity contribution < 1.29 is 4.79 Å². The quantitative estimate of drug-likeness (QED) is 0.587. The lowest BCUT2D eigenvalue weighted by atomic mass is 9.99. The highest BCUT2D eigenvalue weighted by Gasteiger charge is 2.25. The minimum Gasteiger partial charge on any atom is -0.404 e. The third-order valence-electron chi connectivity index (χ3n) is 6.31. The molecule has 1 aliphatic heterocycles. The van der Waals surface area contributed by atoms with Gasteiger partial charge in [0.2, 0.25) is 0 Å². The normalized spacial score (nSPS) is 14.7. The lowest BCUT2D eigenvalue weighted by Gasteiger charge is -2.33. The second kappa shape index (κ2) is 11.0. The summed E-state index contributed by atoms with van der Waals surface area (Å²) in [6.45, 7) is 4.96. The zero-order valence-corrected chi connectivity index (χ0v) is 19.8. The molecule has 1 saturated heterocycles. The molecule has 36 heavy (non-hydrogen) atoms. The number of piperidine rings is 1. The summed E-state index contributed by atoms with van der Waals surface area (Å²) in [6, 6.07) is 17.5. The topological polar surface area (TPSA) is 119 Å². The van der Waals surface area contributed by atoms with Crippen LogP contribution < -0.4 is 21.5 Å². The summed E-state index contributed by atoms with van der Waals surface area (Å²) < 4.78 is 0. The molecule has 3 N–H and O–H groups in total. The first-order valence-corrected chi connectivity index (χ1v) is 11.7. The van der Waals surface area contributed by atoms with E-state index in [9.17, 15) is 15.3 Å². The van der Waals surface area contributed by atoms with Crippen LogP contribution in [0.2, 0.25) is 0 Å². The average Bonchev–Trinajstić information content (AvgIpc) is 2.93. The van der Waals surface area contributed by atoms with Crippen LogP contribution >= 0.6 is 0 Å². The minimum atomic E-state index is -0.170. The summed E-state index contributed by atoms with van der Waals surface area (Å²) in [5.74, 6) is -0.170. The van der Waals surface area contributed by atoms with Gasteiger partial charge < -0.3 is 16.0 Å². The average molecular weight is 475 g/mol. The van der Waals surface area contributed by atoms with Gasteiger partial charge in [-0.05, 0) is 59.5 Å². The van der Waals surface area contributed by atoms with Gasteiger partial charge in [-0.25, -0.2) is 0 Å². The Morgan fingerprint density at radius 1 is 1.14 bits per heavy atom. The molecule has 1 aromatic heterocycles. The fourth-order valence-electron chi connectivity index (χ4n) is 4.46. The van der Waals surface area contributed by atoms with Gasteiger partial charge in [-0.15, -0.1) is 0 Å². The molecule has 4 rings (SSSR count). The Morgan fingerprint density at radius 2 is 1.94 bits per heavy atom. The van der Waals surface area contributed by atoms with E-state index in [4.69, 9.17) is 5.73 Å². The molecule has 1 fully saturated rings. The van der Waals surface area contributed by atoms with E-state index in [1.54, 1.807) is 29.3 Å². The van der Waals surface area contributed by atoms with Crippen LogP contribution in [0.15, 0.2) is 67.5 Å². The highest BCUT2D eigenvalue weighted by atomic mass is 16.2. The van der Waals surface area contributed by atoms with E-state index in [0.717, 1.165) is 40.1 Å². The molecule has 0 saturated carbocycles. The summed E-state index contributed by atoms with van der Waals surface area (Å²) in [5.41, 5.74) is 10.1. The number of anilines is 1. The Kier molecular flexibility index (Phi) is 7.43. The lowest BCUT2D eigenvalue weighted by molar-refractivity contribution is 0.0717. The molecular weight excluding hydrogens is 448 g/mol. The summed E-state index contributed by atoms with van der Waals surface area (Å²) in [5, 5.41) is 24.0. The van der Waals surface area contributed by atoms with Gasteiger partial charge in [0.1, 0.15) is 6.07 Å². The summed E-state index contributed by atoms with van der Waals surface area (Å²) >= 11 is 0. The largest absolute Gasteiger partial charge is 0.404 e. The molecule has 1 aliphatic rings. The molecule has 2 heterocycles. The van der Waals surface area contributed by atoms with Crippen LogP contribution in [0.1, 0.15) is 34.3 Å². The van der Waals surface area contributed by atoms with Crippen LogP contribution in [0.25, 0.3) is 23.4 Å². The maximum atomic E-state index is 13.0. The number of hydrogen-bond donors (Lipinski definition) is 2. The molecule has 7 heteroatoms. The Morgan fingerprint density at radius 3 is 2.64 bits per heavy atom. The van der Waals surface area contributed by atoms with Crippen LogP contribution in [-0.2, 0) is 0 Å². The molecule has 2 aromatic carbocycles. The molecule has 7 nitrogen and oxygen atoms in total. The minimum absolute atomic E-state index is 0.134. The molecule has 0 bridgehead atoms. The van der Waals surface area contributed by atoms with Crippen molar-refractivity contribution in [2.45, 2.75) is 18.9 Å². The van der Waals surface area contributed by atoms with Crippen LogP contribution in [0.4, 0.5) is 5.69 Å². The van der Waals surface area contributed by atoms with Crippen molar-refractivity contribution in [3.8, 4) is 23.3 Å². The first-order valence-electron chi connectivity index (χ1n) is 11.7. The molecule has 1 amide bonds. The number of benzene rings is 2. The number of nitrogens with zero attached hydrogens (tertiary/aromatic N) is 4. The highest BCUT2D eigenvalue weighted by Crippen LogP contribution is 2.23. The monoisotopic (exact) mass is 474 g/mol. The number of aromatic nitrogens is 1. The first-order chi connectivity index (χ1) is 17.6. The maximum absolute atomic E-state index is 13.0. The lowest BCUT2D eigenvalue weighted by Crippen LogP contribution is -2.43. The van der Waals surface area contributed by atoms with Crippen molar-refractivity contribution in [2.24, 2.45) is 5.73 Å². The zero-order chi connectivity index (χ0) is 25.5. The number of pyridine rings is 1. The van der Waals surface area contributed by atoms with E-state index >= 15 is 0 Å². The highest BCUT2D eigenvalue weighted by molar-refractivity contribution is 5.96. The van der Waals surface area contributed by atoms with Crippen LogP contribution in [0.3, 0.4) is 0 Å². The van der Waals surface area contributed by atoms with Crippen molar-refractivity contribution in [1.82, 2.24) is 9.88 Å². The van der Waals surface area contributed by atoms with Gasteiger partial charge in [0.15, 0.2) is 0 Å². The number of nitrogens with one attached hydrogen (secondary N) is 1. The number of likely N-dealkylation sites (tertiary alicyclic amines) is 1. The standard InChI is InChI=1S/C29H26N6O/c1-2-4-22-14-24(21-6-3-5-20(13-21)16-30)15-28(26(22)18-32)34-25-8-11-35(12-9-25)29(36)27-19-33-10-7-23(27)17-31/h2-7,10,13-15,18-19,25,34H,1,8-9,11-12,32H2/b22-4-,26-18+. The fourth-order valence-corrected chi connectivity index (χ4v) is 4.46. The zero-order valence-electron chi connectivity index (χ0n) is 19.8. The van der Waals surface area contributed by atoms with E-state index in [0.29, 0.717) is 29.8 Å². The first kappa shape index (κ1) is 24.3. The molecule has 0 aliphatic carbocycles. The van der Waals surface area contributed by atoms with Crippen LogP contribution in [0, 0.1) is 22.7 Å². The van der Waals surface area contributed by atoms with Crippen LogP contribution in [0.5, 0.6) is 0 Å². The van der Waals surface area contributed by atoms with E-state index in [-0.39, 0.29) is 11.9 Å². The molecular formula is C29H26N6O. The smallest absolute Gasteiger partial charge is 0.256 e. The second-order valence-electron chi connectivity index (χ2n) is 8.53. The summed E-state index contributed by atoms with van der Waals surface area (Å²) in [7, 11) is 0. The predicted octanol–water partition coefficient (Wildman–Crippen LogP) is 2.87. The number of allylic oxidation sites excluding steroid dienone is 1. The van der Waals surface area contributed by atoms with Crippen molar-refractivity contribution in [2.75, 3.05) is 18.4 Å². The third kappa shape index (κ3) is 5.11. The van der Waals surface area contributed by atoms with Crippen molar-refractivity contribution in [3.05, 3.63) is 94.6 Å². The Hall–Kier alpha value is -4.88. The number of rotatable bonds is 5. The van der Waals surface area contributed by atoms with Crippen molar-refractivity contribution in [3.63, 3.8) is 0 Å². The molecule has 3 aromatic rings. The van der Waals surface area contributed by atoms with Gasteiger partial charge in [0, 0.05) is 48.6 Å². The number of hydrogen-bond acceptors (Lipinski definition) is 6. The van der Waals surface area contributed by atoms with Crippen molar-refractivity contribution in [1.29, 1.82) is 10.5 Å². The summed E-state index contributed by atoms with van der Waals surface area (Å²) in [6.07, 6.45) is 9.67. The Balaban J connectivity index is 1.58. The summed E-state index contributed by atoms with van der Waals surface area (Å²) in [4.78, 5) is 18.8. The van der Waals surface area contributed by atoms with Gasteiger partial charge in [-0.3, -0.25) is 9.78 Å². The van der Waals surface area contributed by atoms with E-state index in [1.807, 2.05) is 36.4 Å².